The van der Waals surface area contributed by atoms with Crippen LogP contribution in [-0.4, -0.2) is 61.0 Å². The largest absolute Gasteiger partial charge is 0.497 e. The van der Waals surface area contributed by atoms with Crippen LogP contribution in [0.4, 0.5) is 0 Å². The Morgan fingerprint density at radius 1 is 1.24 bits per heavy atom. The van der Waals surface area contributed by atoms with Crippen LogP contribution in [0, 0.1) is 0 Å². The highest BCUT2D eigenvalue weighted by Gasteiger charge is 2.23. The Bertz CT molecular complexity index is 788. The second kappa shape index (κ2) is 11.2. The zero-order valence-electron chi connectivity index (χ0n) is 17.5. The molecule has 1 atom stereocenters. The van der Waals surface area contributed by atoms with Gasteiger partial charge in [-0.05, 0) is 30.2 Å². The van der Waals surface area contributed by atoms with Gasteiger partial charge in [-0.25, -0.2) is 0 Å². The van der Waals surface area contributed by atoms with Gasteiger partial charge < -0.3 is 20.1 Å². The van der Waals surface area contributed by atoms with Crippen molar-refractivity contribution in [3.8, 4) is 11.5 Å². The Labute approximate surface area is 189 Å². The number of nitrogens with one attached hydrogen (secondary N) is 2. The summed E-state index contributed by atoms with van der Waals surface area (Å²) in [6.07, 6.45) is 2.88. The van der Waals surface area contributed by atoms with Crippen molar-refractivity contribution in [1.82, 2.24) is 25.3 Å². The Hall–Kier alpha value is -2.01. The molecule has 3 rings (SSSR count). The number of likely N-dealkylation sites (tertiary alicyclic amines) is 1. The predicted octanol–water partition coefficient (Wildman–Crippen LogP) is 1.99. The van der Waals surface area contributed by atoms with Gasteiger partial charge in [0.1, 0.15) is 11.5 Å². The number of methoxy groups -OCH3 is 2. The Kier molecular flexibility index (Phi) is 9.02. The quantitative estimate of drug-likeness (QED) is 0.335. The van der Waals surface area contributed by atoms with Crippen LogP contribution in [-0.2, 0) is 20.1 Å². The van der Waals surface area contributed by atoms with Crippen molar-refractivity contribution in [3.05, 3.63) is 41.7 Å². The van der Waals surface area contributed by atoms with Crippen molar-refractivity contribution in [3.63, 3.8) is 0 Å². The molecule has 1 fully saturated rings. The van der Waals surface area contributed by atoms with E-state index in [0.717, 1.165) is 49.2 Å². The van der Waals surface area contributed by atoms with Crippen LogP contribution in [0.25, 0.3) is 0 Å². The summed E-state index contributed by atoms with van der Waals surface area (Å²) in [6.45, 7) is 3.56. The van der Waals surface area contributed by atoms with Crippen LogP contribution in [0.3, 0.4) is 0 Å². The van der Waals surface area contributed by atoms with Crippen LogP contribution >= 0.6 is 24.0 Å². The zero-order valence-corrected chi connectivity index (χ0v) is 19.8. The monoisotopic (exact) mass is 514 g/mol. The summed E-state index contributed by atoms with van der Waals surface area (Å²) >= 11 is 0. The topological polar surface area (TPSA) is 75.9 Å². The molecule has 1 aliphatic heterocycles. The molecule has 0 bridgehead atoms. The first kappa shape index (κ1) is 23.3. The SMILES string of the molecule is CN=C(NCc1ccnn1C)NC1CCN(Cc2cc(OC)cc(OC)c2)C1.I. The van der Waals surface area contributed by atoms with Crippen molar-refractivity contribution >= 4 is 29.9 Å². The van der Waals surface area contributed by atoms with Crippen LogP contribution in [0.1, 0.15) is 17.7 Å². The van der Waals surface area contributed by atoms with E-state index in [2.05, 4.69) is 37.8 Å². The lowest BCUT2D eigenvalue weighted by Crippen LogP contribution is -2.44. The van der Waals surface area contributed by atoms with Gasteiger partial charge in [0.15, 0.2) is 5.96 Å². The van der Waals surface area contributed by atoms with E-state index in [9.17, 15) is 0 Å². The highest BCUT2D eigenvalue weighted by Crippen LogP contribution is 2.24. The van der Waals surface area contributed by atoms with Gasteiger partial charge in [0.2, 0.25) is 0 Å². The van der Waals surface area contributed by atoms with Gasteiger partial charge in [-0.1, -0.05) is 0 Å². The molecule has 160 valence electrons. The van der Waals surface area contributed by atoms with Crippen molar-refractivity contribution < 1.29 is 9.47 Å². The van der Waals surface area contributed by atoms with E-state index in [1.54, 1.807) is 27.5 Å². The maximum atomic E-state index is 5.37. The third kappa shape index (κ3) is 6.49. The third-order valence-electron chi connectivity index (χ3n) is 5.01. The summed E-state index contributed by atoms with van der Waals surface area (Å²) in [6, 6.07) is 8.40. The fraction of sp³-hybridized carbons (Fsp3) is 0.500. The number of guanidine groups is 1. The smallest absolute Gasteiger partial charge is 0.191 e. The molecule has 0 spiro atoms. The minimum Gasteiger partial charge on any atom is -0.497 e. The third-order valence-corrected chi connectivity index (χ3v) is 5.01. The van der Waals surface area contributed by atoms with E-state index in [4.69, 9.17) is 9.47 Å². The van der Waals surface area contributed by atoms with Crippen LogP contribution in [0.15, 0.2) is 35.5 Å². The van der Waals surface area contributed by atoms with Gasteiger partial charge in [-0.3, -0.25) is 14.6 Å². The van der Waals surface area contributed by atoms with E-state index in [1.807, 2.05) is 23.9 Å². The number of hydrogen-bond donors (Lipinski definition) is 2. The minimum atomic E-state index is 0. The minimum absolute atomic E-state index is 0. The molecule has 2 N–H and O–H groups in total. The second-order valence-corrected chi connectivity index (χ2v) is 6.96. The summed E-state index contributed by atoms with van der Waals surface area (Å²) in [5.41, 5.74) is 2.30. The first-order valence-corrected chi connectivity index (χ1v) is 9.49. The predicted molar refractivity (Wildman–Crippen MR) is 125 cm³/mol. The van der Waals surface area contributed by atoms with Crippen molar-refractivity contribution in [2.75, 3.05) is 34.4 Å². The molecule has 29 heavy (non-hydrogen) atoms. The van der Waals surface area contributed by atoms with Crippen LogP contribution in [0.5, 0.6) is 11.5 Å². The molecule has 0 saturated carbocycles. The molecule has 0 amide bonds. The van der Waals surface area contributed by atoms with E-state index in [1.165, 1.54) is 5.56 Å². The summed E-state index contributed by atoms with van der Waals surface area (Å²) in [5.74, 6) is 2.46. The molecule has 0 radical (unpaired) electrons. The lowest BCUT2D eigenvalue weighted by atomic mass is 10.2. The number of rotatable bonds is 7. The van der Waals surface area contributed by atoms with Gasteiger partial charge in [-0.2, -0.15) is 5.10 Å². The maximum Gasteiger partial charge on any atom is 0.191 e. The summed E-state index contributed by atoms with van der Waals surface area (Å²) < 4.78 is 12.6. The van der Waals surface area contributed by atoms with Crippen molar-refractivity contribution in [2.45, 2.75) is 25.6 Å². The van der Waals surface area contributed by atoms with Gasteiger partial charge in [0, 0.05) is 52.0 Å². The van der Waals surface area contributed by atoms with E-state index in [-0.39, 0.29) is 24.0 Å². The fourth-order valence-electron chi connectivity index (χ4n) is 3.45. The summed E-state index contributed by atoms with van der Waals surface area (Å²) in [5, 5.41) is 11.1. The number of aryl methyl sites for hydroxylation is 1. The van der Waals surface area contributed by atoms with E-state index >= 15 is 0 Å². The van der Waals surface area contributed by atoms with E-state index < -0.39 is 0 Å². The molecule has 8 nitrogen and oxygen atoms in total. The number of hydrogen-bond acceptors (Lipinski definition) is 5. The molecule has 2 heterocycles. The summed E-state index contributed by atoms with van der Waals surface area (Å²) in [7, 11) is 7.10. The van der Waals surface area contributed by atoms with Crippen LogP contribution < -0.4 is 20.1 Å². The standard InChI is InChI=1S/C20H30N6O2.HI/c1-21-20(22-12-17-5-7-23-25(17)2)24-16-6-8-26(14-16)13-15-9-18(27-3)11-19(10-15)28-4;/h5,7,9-11,16H,6,8,12-14H2,1-4H3,(H2,21,22,24);1H. The normalized spacial score (nSPS) is 17.0. The first-order chi connectivity index (χ1) is 13.6. The second-order valence-electron chi connectivity index (χ2n) is 6.96. The van der Waals surface area contributed by atoms with Gasteiger partial charge in [-0.15, -0.1) is 24.0 Å². The molecule has 0 aliphatic carbocycles. The molecule has 2 aromatic rings. The number of aliphatic imine (C=N–C) groups is 1. The number of ether oxygens (including phenoxy) is 2. The molecular weight excluding hydrogens is 483 g/mol. The average Bonchev–Trinajstić information content (AvgIpc) is 3.33. The van der Waals surface area contributed by atoms with Gasteiger partial charge in [0.25, 0.3) is 0 Å². The first-order valence-electron chi connectivity index (χ1n) is 9.49. The maximum absolute atomic E-state index is 5.37. The van der Waals surface area contributed by atoms with Crippen LogP contribution in [0.2, 0.25) is 0 Å². The Morgan fingerprint density at radius 3 is 2.55 bits per heavy atom. The molecule has 1 unspecified atom stereocenters. The van der Waals surface area contributed by atoms with Crippen molar-refractivity contribution in [1.29, 1.82) is 0 Å². The lowest BCUT2D eigenvalue weighted by Gasteiger charge is -2.19. The lowest BCUT2D eigenvalue weighted by molar-refractivity contribution is 0.321. The number of benzene rings is 1. The molecule has 1 saturated heterocycles. The number of aromatic nitrogens is 2. The molecule has 1 aromatic heterocycles. The van der Waals surface area contributed by atoms with Gasteiger partial charge >= 0.3 is 0 Å². The zero-order chi connectivity index (χ0) is 19.9. The summed E-state index contributed by atoms with van der Waals surface area (Å²) in [4.78, 5) is 6.78. The Morgan fingerprint density at radius 2 is 1.97 bits per heavy atom. The fourth-order valence-corrected chi connectivity index (χ4v) is 3.45. The average molecular weight is 514 g/mol. The molecule has 9 heteroatoms. The number of nitrogens with zero attached hydrogens (tertiary/aromatic N) is 4. The Balaban J connectivity index is 0.00000300. The van der Waals surface area contributed by atoms with Gasteiger partial charge in [0.05, 0.1) is 26.5 Å². The molecular formula is C20H31IN6O2. The van der Waals surface area contributed by atoms with E-state index in [0.29, 0.717) is 12.6 Å². The highest BCUT2D eigenvalue weighted by atomic mass is 127. The molecule has 1 aliphatic rings. The number of halogens is 1. The molecule has 1 aromatic carbocycles. The van der Waals surface area contributed by atoms with Crippen molar-refractivity contribution in [2.24, 2.45) is 12.0 Å². The highest BCUT2D eigenvalue weighted by molar-refractivity contribution is 14.0.